The van der Waals surface area contributed by atoms with Crippen LogP contribution in [0.25, 0.3) is 0 Å². The Hall–Kier alpha value is -1.61. The molecule has 24 heavy (non-hydrogen) atoms. The highest BCUT2D eigenvalue weighted by molar-refractivity contribution is 14.0. The lowest BCUT2D eigenvalue weighted by Gasteiger charge is -2.12. The van der Waals surface area contributed by atoms with Crippen molar-refractivity contribution >= 4 is 47.2 Å². The molecule has 0 aliphatic rings. The summed E-state index contributed by atoms with van der Waals surface area (Å²) in [5, 5.41) is 13.5. The third-order valence-electron chi connectivity index (χ3n) is 3.25. The molecule has 1 aromatic carbocycles. The number of aliphatic imine (C=N–C) groups is 1. The van der Waals surface area contributed by atoms with Crippen LogP contribution in [0, 0.1) is 6.92 Å². The minimum Gasteiger partial charge on any atom is -0.355 e. The normalized spacial score (nSPS) is 10.7. The van der Waals surface area contributed by atoms with Crippen LogP contribution in [0.4, 0.5) is 0 Å². The van der Waals surface area contributed by atoms with Crippen molar-refractivity contribution in [1.82, 2.24) is 16.0 Å². The quantitative estimate of drug-likeness (QED) is 0.270. The van der Waals surface area contributed by atoms with Gasteiger partial charge in [0.05, 0.1) is 0 Å². The summed E-state index contributed by atoms with van der Waals surface area (Å²) in [6.45, 7) is 3.85. The first-order chi connectivity index (χ1) is 11.2. The Bertz CT molecular complexity index is 658. The van der Waals surface area contributed by atoms with Gasteiger partial charge < -0.3 is 16.0 Å². The van der Waals surface area contributed by atoms with Crippen LogP contribution in [0.1, 0.15) is 21.5 Å². The zero-order chi connectivity index (χ0) is 16.5. The molecule has 3 N–H and O–H groups in total. The first-order valence-corrected chi connectivity index (χ1v) is 8.44. The lowest BCUT2D eigenvalue weighted by molar-refractivity contribution is 0.0954. The van der Waals surface area contributed by atoms with E-state index in [9.17, 15) is 4.79 Å². The van der Waals surface area contributed by atoms with E-state index < -0.39 is 0 Å². The standard InChI is InChI=1S/C17H22N4OS.HI/c1-13-4-3-5-15(10-13)16(22)19-7-8-20-17(18-2)21-11-14-6-9-23-12-14;/h3-6,9-10,12H,7-8,11H2,1-2H3,(H,19,22)(H2,18,20,21);1H. The number of nitrogens with one attached hydrogen (secondary N) is 3. The molecule has 0 radical (unpaired) electrons. The Balaban J connectivity index is 0.00000288. The van der Waals surface area contributed by atoms with Gasteiger partial charge in [-0.05, 0) is 41.4 Å². The molecular formula is C17H23IN4OS. The Morgan fingerprint density at radius 3 is 2.62 bits per heavy atom. The number of guanidine groups is 1. The average molecular weight is 458 g/mol. The van der Waals surface area contributed by atoms with Gasteiger partial charge in [0.1, 0.15) is 0 Å². The summed E-state index contributed by atoms with van der Waals surface area (Å²) < 4.78 is 0. The van der Waals surface area contributed by atoms with Crippen molar-refractivity contribution in [2.24, 2.45) is 4.99 Å². The Labute approximate surface area is 164 Å². The summed E-state index contributed by atoms with van der Waals surface area (Å²) in [6.07, 6.45) is 0. The van der Waals surface area contributed by atoms with Crippen LogP contribution < -0.4 is 16.0 Å². The molecule has 0 saturated heterocycles. The maximum Gasteiger partial charge on any atom is 0.251 e. The van der Waals surface area contributed by atoms with E-state index in [1.165, 1.54) is 5.56 Å². The Kier molecular flexibility index (Phi) is 9.39. The maximum absolute atomic E-state index is 12.0. The maximum atomic E-state index is 12.0. The van der Waals surface area contributed by atoms with Crippen molar-refractivity contribution in [3.05, 3.63) is 57.8 Å². The lowest BCUT2D eigenvalue weighted by atomic mass is 10.1. The number of hydrogen-bond donors (Lipinski definition) is 3. The van der Waals surface area contributed by atoms with E-state index in [-0.39, 0.29) is 29.9 Å². The average Bonchev–Trinajstić information content (AvgIpc) is 3.07. The molecule has 0 saturated carbocycles. The highest BCUT2D eigenvalue weighted by Crippen LogP contribution is 2.04. The molecule has 5 nitrogen and oxygen atoms in total. The summed E-state index contributed by atoms with van der Waals surface area (Å²) in [6, 6.07) is 9.63. The van der Waals surface area contributed by atoms with Crippen molar-refractivity contribution in [1.29, 1.82) is 0 Å². The Morgan fingerprint density at radius 1 is 1.17 bits per heavy atom. The van der Waals surface area contributed by atoms with Gasteiger partial charge in [-0.2, -0.15) is 11.3 Å². The highest BCUT2D eigenvalue weighted by Gasteiger charge is 2.04. The van der Waals surface area contributed by atoms with E-state index in [1.807, 2.05) is 36.6 Å². The van der Waals surface area contributed by atoms with Gasteiger partial charge in [-0.3, -0.25) is 9.79 Å². The number of hydrogen-bond acceptors (Lipinski definition) is 3. The van der Waals surface area contributed by atoms with Gasteiger partial charge in [0.2, 0.25) is 0 Å². The molecule has 0 atom stereocenters. The predicted octanol–water partition coefficient (Wildman–Crippen LogP) is 2.77. The zero-order valence-electron chi connectivity index (χ0n) is 13.8. The number of aryl methyl sites for hydroxylation is 1. The number of carbonyl (C=O) groups excluding carboxylic acids is 1. The first kappa shape index (κ1) is 20.4. The number of carbonyl (C=O) groups is 1. The molecule has 1 aromatic heterocycles. The molecule has 0 fully saturated rings. The van der Waals surface area contributed by atoms with Crippen LogP contribution in [0.2, 0.25) is 0 Å². The van der Waals surface area contributed by atoms with Crippen LogP contribution in [0.3, 0.4) is 0 Å². The monoisotopic (exact) mass is 458 g/mol. The number of thiophene rings is 1. The summed E-state index contributed by atoms with van der Waals surface area (Å²) in [4.78, 5) is 16.2. The second kappa shape index (κ2) is 11.0. The molecule has 1 amide bonds. The van der Waals surface area contributed by atoms with Crippen molar-refractivity contribution < 1.29 is 4.79 Å². The smallest absolute Gasteiger partial charge is 0.251 e. The van der Waals surface area contributed by atoms with Crippen LogP contribution in [-0.2, 0) is 6.54 Å². The summed E-state index contributed by atoms with van der Waals surface area (Å²) in [5.74, 6) is 0.665. The van der Waals surface area contributed by atoms with Crippen molar-refractivity contribution in [3.63, 3.8) is 0 Å². The first-order valence-electron chi connectivity index (χ1n) is 7.49. The fraction of sp³-hybridized carbons (Fsp3) is 0.294. The van der Waals surface area contributed by atoms with Crippen LogP contribution >= 0.6 is 35.3 Å². The minimum atomic E-state index is -0.0586. The van der Waals surface area contributed by atoms with Gasteiger partial charge in [-0.15, -0.1) is 24.0 Å². The van der Waals surface area contributed by atoms with E-state index in [0.717, 1.165) is 18.1 Å². The molecule has 0 unspecified atom stereocenters. The molecular weight excluding hydrogens is 435 g/mol. The van der Waals surface area contributed by atoms with E-state index in [0.29, 0.717) is 18.7 Å². The molecule has 0 aliphatic carbocycles. The van der Waals surface area contributed by atoms with Crippen LogP contribution in [-0.4, -0.2) is 32.0 Å². The van der Waals surface area contributed by atoms with Crippen LogP contribution in [0.5, 0.6) is 0 Å². The van der Waals surface area contributed by atoms with Gasteiger partial charge in [0, 0.05) is 32.2 Å². The van der Waals surface area contributed by atoms with Crippen molar-refractivity contribution in [2.45, 2.75) is 13.5 Å². The summed E-state index contributed by atoms with van der Waals surface area (Å²) >= 11 is 1.67. The molecule has 2 rings (SSSR count). The van der Waals surface area contributed by atoms with E-state index in [4.69, 9.17) is 0 Å². The van der Waals surface area contributed by atoms with E-state index in [2.05, 4.69) is 32.4 Å². The molecule has 7 heteroatoms. The molecule has 0 spiro atoms. The van der Waals surface area contributed by atoms with Gasteiger partial charge in [0.15, 0.2) is 5.96 Å². The molecule has 0 aliphatic heterocycles. The second-order valence-corrected chi connectivity index (χ2v) is 5.89. The lowest BCUT2D eigenvalue weighted by Crippen LogP contribution is -2.41. The number of nitrogens with zero attached hydrogens (tertiary/aromatic N) is 1. The largest absolute Gasteiger partial charge is 0.355 e. The fourth-order valence-corrected chi connectivity index (χ4v) is 2.71. The summed E-state index contributed by atoms with van der Waals surface area (Å²) in [5.41, 5.74) is 2.99. The SMILES string of the molecule is CN=C(NCCNC(=O)c1cccc(C)c1)NCc1ccsc1.I. The number of rotatable bonds is 6. The topological polar surface area (TPSA) is 65.5 Å². The summed E-state index contributed by atoms with van der Waals surface area (Å²) in [7, 11) is 1.73. The van der Waals surface area contributed by atoms with Crippen molar-refractivity contribution in [3.8, 4) is 0 Å². The molecule has 130 valence electrons. The van der Waals surface area contributed by atoms with Crippen LogP contribution in [0.15, 0.2) is 46.1 Å². The molecule has 2 aromatic rings. The van der Waals surface area contributed by atoms with Gasteiger partial charge in [-0.1, -0.05) is 17.7 Å². The van der Waals surface area contributed by atoms with E-state index >= 15 is 0 Å². The van der Waals surface area contributed by atoms with Gasteiger partial charge in [0.25, 0.3) is 5.91 Å². The zero-order valence-corrected chi connectivity index (χ0v) is 17.0. The fourth-order valence-electron chi connectivity index (χ4n) is 2.04. The van der Waals surface area contributed by atoms with Gasteiger partial charge >= 0.3 is 0 Å². The number of amides is 1. The third-order valence-corrected chi connectivity index (χ3v) is 3.98. The predicted molar refractivity (Wildman–Crippen MR) is 111 cm³/mol. The van der Waals surface area contributed by atoms with Crippen molar-refractivity contribution in [2.75, 3.05) is 20.1 Å². The molecule has 1 heterocycles. The molecule has 0 bridgehead atoms. The Morgan fingerprint density at radius 2 is 1.96 bits per heavy atom. The van der Waals surface area contributed by atoms with E-state index in [1.54, 1.807) is 18.4 Å². The third kappa shape index (κ3) is 6.88. The second-order valence-electron chi connectivity index (χ2n) is 5.11. The number of benzene rings is 1. The minimum absolute atomic E-state index is 0. The number of halogens is 1. The highest BCUT2D eigenvalue weighted by atomic mass is 127. The van der Waals surface area contributed by atoms with Gasteiger partial charge in [-0.25, -0.2) is 0 Å².